The van der Waals surface area contributed by atoms with Gasteiger partial charge in [0.05, 0.1) is 11.4 Å². The van der Waals surface area contributed by atoms with E-state index in [-0.39, 0.29) is 5.82 Å². The maximum atomic E-state index is 13.2. The summed E-state index contributed by atoms with van der Waals surface area (Å²) in [6.45, 7) is 3.72. The van der Waals surface area contributed by atoms with Crippen LogP contribution in [0, 0.1) is 19.7 Å². The van der Waals surface area contributed by atoms with E-state index in [2.05, 4.69) is 4.98 Å². The van der Waals surface area contributed by atoms with Crippen LogP contribution in [0.2, 0.25) is 0 Å². The Morgan fingerprint density at radius 3 is 2.38 bits per heavy atom. The fourth-order valence-corrected chi connectivity index (χ4v) is 1.91. The Bertz CT molecular complexity index is 512. The molecule has 0 radical (unpaired) electrons. The third-order valence-corrected chi connectivity index (χ3v) is 2.57. The number of rotatable bonds is 1. The number of nitrogens with zero attached hydrogens (tertiary/aromatic N) is 1. The first kappa shape index (κ1) is 10.6. The third-order valence-electron chi connectivity index (χ3n) is 2.57. The highest BCUT2D eigenvalue weighted by Crippen LogP contribution is 2.30. The van der Waals surface area contributed by atoms with Gasteiger partial charge in [-0.15, -0.1) is 0 Å². The van der Waals surface area contributed by atoms with E-state index in [0.717, 1.165) is 22.4 Å². The van der Waals surface area contributed by atoms with Gasteiger partial charge in [-0.05, 0) is 49.2 Å². The summed E-state index contributed by atoms with van der Waals surface area (Å²) in [6.07, 6.45) is 1.69. The molecule has 2 aromatic rings. The summed E-state index contributed by atoms with van der Waals surface area (Å²) in [4.78, 5) is 4.25. The largest absolute Gasteiger partial charge is 0.397 e. The van der Waals surface area contributed by atoms with E-state index < -0.39 is 0 Å². The van der Waals surface area contributed by atoms with Crippen LogP contribution in [0.5, 0.6) is 0 Å². The summed E-state index contributed by atoms with van der Waals surface area (Å²) >= 11 is 0. The molecule has 1 aromatic carbocycles. The van der Waals surface area contributed by atoms with Crippen molar-refractivity contribution < 1.29 is 4.39 Å². The van der Waals surface area contributed by atoms with Crippen LogP contribution in [0.3, 0.4) is 0 Å². The zero-order valence-electron chi connectivity index (χ0n) is 9.29. The van der Waals surface area contributed by atoms with Crippen molar-refractivity contribution in [2.24, 2.45) is 0 Å². The lowest BCUT2D eigenvalue weighted by atomic mass is 9.98. The average molecular weight is 216 g/mol. The van der Waals surface area contributed by atoms with Gasteiger partial charge in [0.1, 0.15) is 5.82 Å². The summed E-state index contributed by atoms with van der Waals surface area (Å²) in [6, 6.07) is 6.57. The first-order valence-electron chi connectivity index (χ1n) is 5.07. The first-order chi connectivity index (χ1) is 7.59. The summed E-state index contributed by atoms with van der Waals surface area (Å²) < 4.78 is 13.2. The number of benzene rings is 1. The van der Waals surface area contributed by atoms with Crippen molar-refractivity contribution in [1.82, 2.24) is 4.98 Å². The van der Waals surface area contributed by atoms with Gasteiger partial charge in [-0.25, -0.2) is 4.39 Å². The second-order valence-corrected chi connectivity index (χ2v) is 3.86. The minimum Gasteiger partial charge on any atom is -0.397 e. The van der Waals surface area contributed by atoms with Crippen LogP contribution in [0.4, 0.5) is 10.1 Å². The molecule has 82 valence electrons. The average Bonchev–Trinajstić information content (AvgIpc) is 2.19. The van der Waals surface area contributed by atoms with E-state index in [9.17, 15) is 4.39 Å². The Morgan fingerprint density at radius 2 is 1.81 bits per heavy atom. The number of anilines is 1. The molecule has 0 saturated carbocycles. The molecule has 0 bridgehead atoms. The van der Waals surface area contributed by atoms with E-state index in [0.29, 0.717) is 5.69 Å². The maximum absolute atomic E-state index is 13.2. The maximum Gasteiger partial charge on any atom is 0.123 e. The second-order valence-electron chi connectivity index (χ2n) is 3.86. The van der Waals surface area contributed by atoms with Gasteiger partial charge in [0, 0.05) is 11.8 Å². The smallest absolute Gasteiger partial charge is 0.123 e. The third kappa shape index (κ3) is 1.76. The van der Waals surface area contributed by atoms with E-state index >= 15 is 0 Å². The standard InChI is InChI=1S/C13H13FN2/c1-8-6-10(14)7-9(2)12(8)13-11(15)4-3-5-16-13/h3-7H,15H2,1-2H3. The number of nitrogens with two attached hydrogens (primary N) is 1. The zero-order valence-corrected chi connectivity index (χ0v) is 9.29. The monoisotopic (exact) mass is 216 g/mol. The predicted molar refractivity (Wildman–Crippen MR) is 63.5 cm³/mol. The minimum atomic E-state index is -0.228. The van der Waals surface area contributed by atoms with Gasteiger partial charge in [-0.2, -0.15) is 0 Å². The molecule has 0 aliphatic rings. The number of aromatic nitrogens is 1. The quantitative estimate of drug-likeness (QED) is 0.795. The molecular weight excluding hydrogens is 203 g/mol. The van der Waals surface area contributed by atoms with Crippen LogP contribution in [0.15, 0.2) is 30.5 Å². The molecule has 2 nitrogen and oxygen atoms in total. The van der Waals surface area contributed by atoms with Crippen LogP contribution in [-0.2, 0) is 0 Å². The predicted octanol–water partition coefficient (Wildman–Crippen LogP) is 3.09. The SMILES string of the molecule is Cc1cc(F)cc(C)c1-c1ncccc1N. The Balaban J connectivity index is 2.70. The van der Waals surface area contributed by atoms with Gasteiger partial charge in [-0.3, -0.25) is 4.98 Å². The van der Waals surface area contributed by atoms with Gasteiger partial charge < -0.3 is 5.73 Å². The Labute approximate surface area is 93.9 Å². The molecule has 0 atom stereocenters. The molecule has 1 heterocycles. The lowest BCUT2D eigenvalue weighted by Gasteiger charge is -2.11. The highest BCUT2D eigenvalue weighted by atomic mass is 19.1. The molecule has 0 unspecified atom stereocenters. The highest BCUT2D eigenvalue weighted by Gasteiger charge is 2.11. The summed E-state index contributed by atoms with van der Waals surface area (Å²) in [5, 5.41) is 0. The molecule has 0 saturated heterocycles. The van der Waals surface area contributed by atoms with Gasteiger partial charge in [-0.1, -0.05) is 0 Å². The summed E-state index contributed by atoms with van der Waals surface area (Å²) in [5.74, 6) is -0.228. The molecule has 1 aromatic heterocycles. The molecular formula is C13H13FN2. The van der Waals surface area contributed by atoms with E-state index in [1.165, 1.54) is 12.1 Å². The lowest BCUT2D eigenvalue weighted by molar-refractivity contribution is 0.625. The normalized spacial score (nSPS) is 10.4. The molecule has 0 amide bonds. The summed E-state index contributed by atoms with van der Waals surface area (Å²) in [7, 11) is 0. The fraction of sp³-hybridized carbons (Fsp3) is 0.154. The summed E-state index contributed by atoms with van der Waals surface area (Å²) in [5.41, 5.74) is 9.82. The van der Waals surface area contributed by atoms with E-state index in [1.807, 2.05) is 13.8 Å². The molecule has 2 N–H and O–H groups in total. The van der Waals surface area contributed by atoms with Crippen molar-refractivity contribution in [3.05, 3.63) is 47.4 Å². The number of aryl methyl sites for hydroxylation is 2. The van der Waals surface area contributed by atoms with E-state index in [4.69, 9.17) is 5.73 Å². The number of hydrogen-bond acceptors (Lipinski definition) is 2. The molecule has 0 fully saturated rings. The lowest BCUT2D eigenvalue weighted by Crippen LogP contribution is -1.97. The van der Waals surface area contributed by atoms with E-state index in [1.54, 1.807) is 18.3 Å². The van der Waals surface area contributed by atoms with Crippen molar-refractivity contribution in [3.8, 4) is 11.3 Å². The topological polar surface area (TPSA) is 38.9 Å². The van der Waals surface area contributed by atoms with Crippen molar-refractivity contribution in [2.45, 2.75) is 13.8 Å². The number of pyridine rings is 1. The molecule has 16 heavy (non-hydrogen) atoms. The fourth-order valence-electron chi connectivity index (χ4n) is 1.91. The van der Waals surface area contributed by atoms with Crippen molar-refractivity contribution in [1.29, 1.82) is 0 Å². The molecule has 0 aliphatic heterocycles. The Kier molecular flexibility index (Phi) is 2.60. The minimum absolute atomic E-state index is 0.228. The van der Waals surface area contributed by atoms with Crippen LogP contribution < -0.4 is 5.73 Å². The van der Waals surface area contributed by atoms with Gasteiger partial charge >= 0.3 is 0 Å². The molecule has 3 heteroatoms. The van der Waals surface area contributed by atoms with Crippen LogP contribution in [0.1, 0.15) is 11.1 Å². The van der Waals surface area contributed by atoms with Crippen LogP contribution in [0.25, 0.3) is 11.3 Å². The molecule has 2 rings (SSSR count). The Hall–Kier alpha value is -1.90. The van der Waals surface area contributed by atoms with Crippen LogP contribution >= 0.6 is 0 Å². The van der Waals surface area contributed by atoms with Crippen molar-refractivity contribution >= 4 is 5.69 Å². The number of halogens is 1. The van der Waals surface area contributed by atoms with Crippen molar-refractivity contribution in [3.63, 3.8) is 0 Å². The highest BCUT2D eigenvalue weighted by molar-refractivity contribution is 5.77. The zero-order chi connectivity index (χ0) is 11.7. The molecule has 0 spiro atoms. The van der Waals surface area contributed by atoms with Gasteiger partial charge in [0.15, 0.2) is 0 Å². The van der Waals surface area contributed by atoms with Gasteiger partial charge in [0.2, 0.25) is 0 Å². The first-order valence-corrected chi connectivity index (χ1v) is 5.07. The molecule has 0 aliphatic carbocycles. The van der Waals surface area contributed by atoms with Crippen molar-refractivity contribution in [2.75, 3.05) is 5.73 Å². The number of hydrogen-bond donors (Lipinski definition) is 1. The van der Waals surface area contributed by atoms with Gasteiger partial charge in [0.25, 0.3) is 0 Å². The Morgan fingerprint density at radius 1 is 1.19 bits per heavy atom. The van der Waals surface area contributed by atoms with Crippen LogP contribution in [-0.4, -0.2) is 4.98 Å². The number of nitrogen functional groups attached to an aromatic ring is 1. The second kappa shape index (κ2) is 3.93.